The number of anilines is 2. The van der Waals surface area contributed by atoms with Crippen molar-refractivity contribution < 1.29 is 4.79 Å². The lowest BCUT2D eigenvalue weighted by Gasteiger charge is -2.10. The first-order valence-electron chi connectivity index (χ1n) is 7.24. The molecule has 118 valence electrons. The minimum Gasteiger partial charge on any atom is -0.305 e. The Morgan fingerprint density at radius 2 is 2.09 bits per heavy atom. The van der Waals surface area contributed by atoms with Gasteiger partial charge in [-0.3, -0.25) is 10.00 Å². The molecule has 0 aliphatic heterocycles. The summed E-state index contributed by atoms with van der Waals surface area (Å²) in [5.74, 6) is 0.632. The maximum absolute atomic E-state index is 12.0. The first kappa shape index (κ1) is 14.8. The van der Waals surface area contributed by atoms with Crippen molar-refractivity contribution in [3.05, 3.63) is 60.0 Å². The van der Waals surface area contributed by atoms with Crippen molar-refractivity contribution in [1.29, 1.82) is 0 Å². The van der Waals surface area contributed by atoms with Crippen LogP contribution in [0.25, 0.3) is 0 Å². The smallest absolute Gasteiger partial charge is 0.305 e. The number of hydrogen-bond donors (Lipinski definition) is 2. The number of urea groups is 1. The first-order valence-corrected chi connectivity index (χ1v) is 7.24. The van der Waals surface area contributed by atoms with Crippen LogP contribution in [0.4, 0.5) is 16.3 Å². The largest absolute Gasteiger partial charge is 0.324 e. The SMILES string of the molecule is Cc1cccc(Cn2nccc2NC(=O)Nc2cnn(C)c2)c1. The highest BCUT2D eigenvalue weighted by atomic mass is 16.2. The van der Waals surface area contributed by atoms with Crippen LogP contribution >= 0.6 is 0 Å². The zero-order chi connectivity index (χ0) is 16.2. The van der Waals surface area contributed by atoms with Crippen LogP contribution in [-0.2, 0) is 13.6 Å². The summed E-state index contributed by atoms with van der Waals surface area (Å²) >= 11 is 0. The molecule has 0 aliphatic rings. The van der Waals surface area contributed by atoms with E-state index in [-0.39, 0.29) is 6.03 Å². The van der Waals surface area contributed by atoms with Gasteiger partial charge in [0.05, 0.1) is 24.6 Å². The van der Waals surface area contributed by atoms with Gasteiger partial charge in [-0.1, -0.05) is 29.8 Å². The Morgan fingerprint density at radius 1 is 1.22 bits per heavy atom. The number of aryl methyl sites for hydroxylation is 2. The summed E-state index contributed by atoms with van der Waals surface area (Å²) in [5, 5.41) is 13.8. The quantitative estimate of drug-likeness (QED) is 0.777. The molecular weight excluding hydrogens is 292 g/mol. The molecule has 7 nitrogen and oxygen atoms in total. The fourth-order valence-corrected chi connectivity index (χ4v) is 2.31. The average Bonchev–Trinajstić information content (AvgIpc) is 3.09. The summed E-state index contributed by atoms with van der Waals surface area (Å²) in [6, 6.07) is 9.63. The van der Waals surface area contributed by atoms with Gasteiger partial charge in [0.1, 0.15) is 5.82 Å². The fourth-order valence-electron chi connectivity index (χ4n) is 2.31. The van der Waals surface area contributed by atoms with E-state index in [1.54, 1.807) is 41.1 Å². The van der Waals surface area contributed by atoms with Crippen molar-refractivity contribution in [3.8, 4) is 0 Å². The summed E-state index contributed by atoms with van der Waals surface area (Å²) < 4.78 is 3.37. The molecule has 0 spiro atoms. The minimum atomic E-state index is -0.330. The van der Waals surface area contributed by atoms with E-state index in [4.69, 9.17) is 0 Å². The van der Waals surface area contributed by atoms with Crippen LogP contribution in [0, 0.1) is 6.92 Å². The number of benzene rings is 1. The maximum Gasteiger partial charge on any atom is 0.324 e. The van der Waals surface area contributed by atoms with Gasteiger partial charge < -0.3 is 5.32 Å². The molecule has 2 amide bonds. The third-order valence-electron chi connectivity index (χ3n) is 3.34. The Labute approximate surface area is 133 Å². The Hall–Kier alpha value is -3.09. The van der Waals surface area contributed by atoms with Gasteiger partial charge in [-0.15, -0.1) is 0 Å². The van der Waals surface area contributed by atoms with Gasteiger partial charge in [0.2, 0.25) is 0 Å². The number of carbonyl (C=O) groups excluding carboxylic acids is 1. The summed E-state index contributed by atoms with van der Waals surface area (Å²) in [5.41, 5.74) is 2.96. The first-order chi connectivity index (χ1) is 11.1. The summed E-state index contributed by atoms with van der Waals surface area (Å²) in [7, 11) is 1.79. The number of nitrogens with one attached hydrogen (secondary N) is 2. The van der Waals surface area contributed by atoms with E-state index >= 15 is 0 Å². The normalized spacial score (nSPS) is 10.5. The molecule has 0 fully saturated rings. The molecule has 23 heavy (non-hydrogen) atoms. The van der Waals surface area contributed by atoms with Crippen molar-refractivity contribution in [3.63, 3.8) is 0 Å². The molecule has 2 heterocycles. The molecular formula is C16H18N6O. The third-order valence-corrected chi connectivity index (χ3v) is 3.34. The zero-order valence-corrected chi connectivity index (χ0v) is 13.0. The minimum absolute atomic E-state index is 0.330. The molecule has 2 N–H and O–H groups in total. The van der Waals surface area contributed by atoms with E-state index in [1.807, 2.05) is 25.1 Å². The van der Waals surface area contributed by atoms with E-state index < -0.39 is 0 Å². The van der Waals surface area contributed by atoms with Gasteiger partial charge >= 0.3 is 6.03 Å². The highest BCUT2D eigenvalue weighted by Crippen LogP contribution is 2.12. The molecule has 0 unspecified atom stereocenters. The summed E-state index contributed by atoms with van der Waals surface area (Å²) in [6.07, 6.45) is 4.97. The van der Waals surface area contributed by atoms with Crippen molar-refractivity contribution in [2.75, 3.05) is 10.6 Å². The third kappa shape index (κ3) is 3.76. The molecule has 0 saturated heterocycles. The van der Waals surface area contributed by atoms with Crippen molar-refractivity contribution in [2.24, 2.45) is 7.05 Å². The molecule has 0 saturated carbocycles. The van der Waals surface area contributed by atoms with Crippen LogP contribution in [0.5, 0.6) is 0 Å². The maximum atomic E-state index is 12.0. The molecule has 3 aromatic rings. The molecule has 0 radical (unpaired) electrons. The van der Waals surface area contributed by atoms with E-state index in [0.717, 1.165) is 5.56 Å². The van der Waals surface area contributed by atoms with Crippen molar-refractivity contribution in [1.82, 2.24) is 19.6 Å². The zero-order valence-electron chi connectivity index (χ0n) is 13.0. The lowest BCUT2D eigenvalue weighted by Crippen LogP contribution is -2.21. The Balaban J connectivity index is 1.67. The molecule has 3 rings (SSSR count). The molecule has 2 aromatic heterocycles. The molecule has 0 aliphatic carbocycles. The second kappa shape index (κ2) is 6.35. The monoisotopic (exact) mass is 310 g/mol. The highest BCUT2D eigenvalue weighted by molar-refractivity contribution is 5.99. The van der Waals surface area contributed by atoms with Crippen LogP contribution < -0.4 is 10.6 Å². The number of hydrogen-bond acceptors (Lipinski definition) is 3. The fraction of sp³-hybridized carbons (Fsp3) is 0.188. The topological polar surface area (TPSA) is 76.8 Å². The second-order valence-corrected chi connectivity index (χ2v) is 5.34. The van der Waals surface area contributed by atoms with Crippen LogP contribution in [0.15, 0.2) is 48.9 Å². The Bertz CT molecular complexity index is 819. The standard InChI is InChI=1S/C16H18N6O/c1-12-4-3-5-13(8-12)10-22-15(6-7-17-22)20-16(23)19-14-9-18-21(2)11-14/h3-9,11H,10H2,1-2H3,(H2,19,20,23). The van der Waals surface area contributed by atoms with Crippen LogP contribution in [0.1, 0.15) is 11.1 Å². The van der Waals surface area contributed by atoms with Crippen LogP contribution in [-0.4, -0.2) is 25.6 Å². The predicted octanol–water partition coefficient (Wildman–Crippen LogP) is 2.62. The number of carbonyl (C=O) groups is 1. The summed E-state index contributed by atoms with van der Waals surface area (Å²) in [4.78, 5) is 12.0. The Morgan fingerprint density at radius 3 is 2.83 bits per heavy atom. The van der Waals surface area contributed by atoms with E-state index in [2.05, 4.69) is 26.9 Å². The molecule has 7 heteroatoms. The summed E-state index contributed by atoms with van der Waals surface area (Å²) in [6.45, 7) is 2.64. The Kier molecular flexibility index (Phi) is 4.09. The molecule has 0 atom stereocenters. The van der Waals surface area contributed by atoms with Gasteiger partial charge in [-0.25, -0.2) is 9.48 Å². The van der Waals surface area contributed by atoms with Gasteiger partial charge in [0.15, 0.2) is 0 Å². The van der Waals surface area contributed by atoms with Crippen molar-refractivity contribution >= 4 is 17.5 Å². The van der Waals surface area contributed by atoms with Gasteiger partial charge in [-0.2, -0.15) is 10.2 Å². The highest BCUT2D eigenvalue weighted by Gasteiger charge is 2.09. The number of amides is 2. The number of nitrogens with zero attached hydrogens (tertiary/aromatic N) is 4. The van der Waals surface area contributed by atoms with Gasteiger partial charge in [0, 0.05) is 19.3 Å². The van der Waals surface area contributed by atoms with Gasteiger partial charge in [-0.05, 0) is 12.5 Å². The predicted molar refractivity (Wildman–Crippen MR) is 88.4 cm³/mol. The van der Waals surface area contributed by atoms with E-state index in [9.17, 15) is 4.79 Å². The average molecular weight is 310 g/mol. The molecule has 1 aromatic carbocycles. The van der Waals surface area contributed by atoms with Gasteiger partial charge in [0.25, 0.3) is 0 Å². The second-order valence-electron chi connectivity index (χ2n) is 5.34. The van der Waals surface area contributed by atoms with E-state index in [1.165, 1.54) is 5.56 Å². The van der Waals surface area contributed by atoms with Crippen molar-refractivity contribution in [2.45, 2.75) is 13.5 Å². The molecule has 0 bridgehead atoms. The number of rotatable bonds is 4. The lowest BCUT2D eigenvalue weighted by molar-refractivity contribution is 0.262. The van der Waals surface area contributed by atoms with E-state index in [0.29, 0.717) is 18.1 Å². The van der Waals surface area contributed by atoms with Crippen LogP contribution in [0.3, 0.4) is 0 Å². The van der Waals surface area contributed by atoms with Crippen LogP contribution in [0.2, 0.25) is 0 Å². The lowest BCUT2D eigenvalue weighted by atomic mass is 10.1. The number of aromatic nitrogens is 4.